The average molecular weight is 231 g/mol. The van der Waals surface area contributed by atoms with Crippen LogP contribution in [0, 0.1) is 6.92 Å². The molecule has 2 aliphatic rings. The minimum atomic E-state index is 0.764. The standard InChI is InChI=1S/C14H21N3/c1-12-5-4-7-14(15-12)17-10-9-16-8-3-2-6-13(16)11-17/h4-5,7,13H,2-3,6,8-11H2,1H3. The summed E-state index contributed by atoms with van der Waals surface area (Å²) in [5.74, 6) is 1.16. The number of nitrogens with zero attached hydrogens (tertiary/aromatic N) is 3. The molecule has 3 heteroatoms. The predicted molar refractivity (Wildman–Crippen MR) is 70.4 cm³/mol. The van der Waals surface area contributed by atoms with Gasteiger partial charge in [0.2, 0.25) is 0 Å². The molecular formula is C14H21N3. The molecule has 17 heavy (non-hydrogen) atoms. The number of hydrogen-bond acceptors (Lipinski definition) is 3. The van der Waals surface area contributed by atoms with Crippen LogP contribution in [0.4, 0.5) is 5.82 Å². The van der Waals surface area contributed by atoms with Crippen molar-refractivity contribution in [2.45, 2.75) is 32.2 Å². The molecule has 0 amide bonds. The predicted octanol–water partition coefficient (Wildman–Crippen LogP) is 2.06. The highest BCUT2D eigenvalue weighted by Gasteiger charge is 2.29. The van der Waals surface area contributed by atoms with Gasteiger partial charge in [-0.25, -0.2) is 4.98 Å². The van der Waals surface area contributed by atoms with E-state index in [0.29, 0.717) is 0 Å². The summed E-state index contributed by atoms with van der Waals surface area (Å²) in [4.78, 5) is 9.76. The van der Waals surface area contributed by atoms with E-state index in [-0.39, 0.29) is 0 Å². The molecule has 1 unspecified atom stereocenters. The van der Waals surface area contributed by atoms with Gasteiger partial charge >= 0.3 is 0 Å². The molecule has 0 saturated carbocycles. The van der Waals surface area contributed by atoms with E-state index in [1.807, 2.05) is 0 Å². The molecular weight excluding hydrogens is 210 g/mol. The summed E-state index contributed by atoms with van der Waals surface area (Å²) in [5, 5.41) is 0. The zero-order valence-corrected chi connectivity index (χ0v) is 10.6. The number of anilines is 1. The Morgan fingerprint density at radius 3 is 3.00 bits per heavy atom. The molecule has 0 spiro atoms. The van der Waals surface area contributed by atoms with Crippen molar-refractivity contribution in [2.24, 2.45) is 0 Å². The van der Waals surface area contributed by atoms with E-state index in [1.165, 1.54) is 32.4 Å². The van der Waals surface area contributed by atoms with E-state index in [4.69, 9.17) is 0 Å². The molecule has 3 heterocycles. The van der Waals surface area contributed by atoms with E-state index >= 15 is 0 Å². The summed E-state index contributed by atoms with van der Waals surface area (Å²) in [5.41, 5.74) is 1.12. The lowest BCUT2D eigenvalue weighted by Gasteiger charge is -2.44. The number of piperazine rings is 1. The number of aryl methyl sites for hydroxylation is 1. The van der Waals surface area contributed by atoms with Crippen LogP contribution in [0.5, 0.6) is 0 Å². The fourth-order valence-corrected chi connectivity index (χ4v) is 3.07. The molecule has 2 saturated heterocycles. The maximum Gasteiger partial charge on any atom is 0.128 e. The highest BCUT2D eigenvalue weighted by molar-refractivity contribution is 5.40. The first-order valence-electron chi connectivity index (χ1n) is 6.75. The maximum absolute atomic E-state index is 4.64. The first kappa shape index (κ1) is 11.0. The number of rotatable bonds is 1. The lowest BCUT2D eigenvalue weighted by Crippen LogP contribution is -2.55. The third-order valence-electron chi connectivity index (χ3n) is 4.03. The van der Waals surface area contributed by atoms with E-state index < -0.39 is 0 Å². The Morgan fingerprint density at radius 2 is 2.12 bits per heavy atom. The number of pyridine rings is 1. The number of aromatic nitrogens is 1. The normalized spacial score (nSPS) is 25.7. The molecule has 1 aromatic rings. The number of fused-ring (bicyclic) bond motifs is 1. The van der Waals surface area contributed by atoms with Crippen LogP contribution in [-0.4, -0.2) is 42.1 Å². The Bertz CT molecular complexity index is 391. The Morgan fingerprint density at radius 1 is 1.18 bits per heavy atom. The second kappa shape index (κ2) is 4.65. The quantitative estimate of drug-likeness (QED) is 0.737. The van der Waals surface area contributed by atoms with Crippen molar-refractivity contribution in [3.63, 3.8) is 0 Å². The van der Waals surface area contributed by atoms with Crippen molar-refractivity contribution >= 4 is 5.82 Å². The summed E-state index contributed by atoms with van der Waals surface area (Å²) in [6.07, 6.45) is 4.15. The Kier molecular flexibility index (Phi) is 3.02. The molecule has 0 aromatic carbocycles. The largest absolute Gasteiger partial charge is 0.354 e. The molecule has 1 aromatic heterocycles. The van der Waals surface area contributed by atoms with E-state index in [0.717, 1.165) is 30.6 Å². The van der Waals surface area contributed by atoms with Gasteiger partial charge in [0.1, 0.15) is 5.82 Å². The van der Waals surface area contributed by atoms with Gasteiger partial charge in [0.15, 0.2) is 0 Å². The van der Waals surface area contributed by atoms with Crippen molar-refractivity contribution in [1.82, 2.24) is 9.88 Å². The van der Waals surface area contributed by atoms with Crippen LogP contribution < -0.4 is 4.90 Å². The van der Waals surface area contributed by atoms with Crippen molar-refractivity contribution in [1.29, 1.82) is 0 Å². The first-order chi connectivity index (χ1) is 8.33. The van der Waals surface area contributed by atoms with Gasteiger partial charge < -0.3 is 4.90 Å². The van der Waals surface area contributed by atoms with E-state index in [9.17, 15) is 0 Å². The van der Waals surface area contributed by atoms with Gasteiger partial charge in [-0.05, 0) is 38.4 Å². The van der Waals surface area contributed by atoms with E-state index in [2.05, 4.69) is 39.9 Å². The molecule has 1 atom stereocenters. The van der Waals surface area contributed by atoms with Crippen molar-refractivity contribution in [3.05, 3.63) is 23.9 Å². The molecule has 0 radical (unpaired) electrons. The Hall–Kier alpha value is -1.09. The molecule has 92 valence electrons. The van der Waals surface area contributed by atoms with Crippen LogP contribution in [-0.2, 0) is 0 Å². The summed E-state index contributed by atoms with van der Waals surface area (Å²) in [7, 11) is 0. The summed E-state index contributed by atoms with van der Waals surface area (Å²) >= 11 is 0. The molecule has 2 fully saturated rings. The summed E-state index contributed by atoms with van der Waals surface area (Å²) in [6.45, 7) is 6.88. The third kappa shape index (κ3) is 2.29. The average Bonchev–Trinajstić information content (AvgIpc) is 2.38. The highest BCUT2D eigenvalue weighted by atomic mass is 15.3. The van der Waals surface area contributed by atoms with Crippen LogP contribution in [0.2, 0.25) is 0 Å². The van der Waals surface area contributed by atoms with Crippen molar-refractivity contribution in [3.8, 4) is 0 Å². The van der Waals surface area contributed by atoms with Gasteiger partial charge in [0.25, 0.3) is 0 Å². The monoisotopic (exact) mass is 231 g/mol. The summed E-state index contributed by atoms with van der Waals surface area (Å²) in [6, 6.07) is 7.09. The smallest absolute Gasteiger partial charge is 0.128 e. The summed E-state index contributed by atoms with van der Waals surface area (Å²) < 4.78 is 0. The van der Waals surface area contributed by atoms with Gasteiger partial charge in [-0.1, -0.05) is 12.5 Å². The van der Waals surface area contributed by atoms with Gasteiger partial charge in [-0.2, -0.15) is 0 Å². The minimum Gasteiger partial charge on any atom is -0.354 e. The molecule has 0 aliphatic carbocycles. The van der Waals surface area contributed by atoms with Gasteiger partial charge in [0, 0.05) is 31.4 Å². The molecule has 0 bridgehead atoms. The van der Waals surface area contributed by atoms with Gasteiger partial charge in [0.05, 0.1) is 0 Å². The topological polar surface area (TPSA) is 19.4 Å². The number of piperidine rings is 1. The lowest BCUT2D eigenvalue weighted by molar-refractivity contribution is 0.133. The van der Waals surface area contributed by atoms with Gasteiger partial charge in [-0.15, -0.1) is 0 Å². The second-order valence-corrected chi connectivity index (χ2v) is 5.27. The highest BCUT2D eigenvalue weighted by Crippen LogP contribution is 2.23. The molecule has 2 aliphatic heterocycles. The molecule has 0 N–H and O–H groups in total. The van der Waals surface area contributed by atoms with Gasteiger partial charge in [-0.3, -0.25) is 4.90 Å². The fourth-order valence-electron chi connectivity index (χ4n) is 3.07. The minimum absolute atomic E-state index is 0.764. The fraction of sp³-hybridized carbons (Fsp3) is 0.643. The van der Waals surface area contributed by atoms with Crippen LogP contribution in [0.15, 0.2) is 18.2 Å². The molecule has 3 rings (SSSR count). The Balaban J connectivity index is 1.73. The van der Waals surface area contributed by atoms with Crippen LogP contribution in [0.3, 0.4) is 0 Å². The SMILES string of the molecule is Cc1cccc(N2CCN3CCCCC3C2)n1. The van der Waals surface area contributed by atoms with Crippen molar-refractivity contribution in [2.75, 3.05) is 31.1 Å². The first-order valence-corrected chi connectivity index (χ1v) is 6.75. The number of hydrogen-bond donors (Lipinski definition) is 0. The zero-order valence-electron chi connectivity index (χ0n) is 10.6. The van der Waals surface area contributed by atoms with Crippen molar-refractivity contribution < 1.29 is 0 Å². The zero-order chi connectivity index (χ0) is 11.7. The maximum atomic E-state index is 4.64. The van der Waals surface area contributed by atoms with E-state index in [1.54, 1.807) is 0 Å². The van der Waals surface area contributed by atoms with Crippen LogP contribution in [0.1, 0.15) is 25.0 Å². The molecule has 3 nitrogen and oxygen atoms in total. The van der Waals surface area contributed by atoms with Crippen LogP contribution >= 0.6 is 0 Å². The Labute approximate surface area is 103 Å². The third-order valence-corrected chi connectivity index (χ3v) is 4.03. The van der Waals surface area contributed by atoms with Crippen LogP contribution in [0.25, 0.3) is 0 Å². The second-order valence-electron chi connectivity index (χ2n) is 5.27. The lowest BCUT2D eigenvalue weighted by atomic mass is 9.99.